The molecule has 1 heterocycles. The highest BCUT2D eigenvalue weighted by Crippen LogP contribution is 2.31. The molecule has 0 aliphatic carbocycles. The second-order valence-electron chi connectivity index (χ2n) is 4.17. The molecule has 1 aliphatic rings. The van der Waals surface area contributed by atoms with Gasteiger partial charge in [-0.2, -0.15) is 0 Å². The Kier molecular flexibility index (Phi) is 5.00. The molecule has 0 spiro atoms. The highest BCUT2D eigenvalue weighted by atomic mass is 35.5. The zero-order chi connectivity index (χ0) is 12.3. The maximum Gasteiger partial charge on any atom is 0.0542 e. The predicted octanol–water partition coefficient (Wildman–Crippen LogP) is 3.45. The molecule has 1 saturated heterocycles. The van der Waals surface area contributed by atoms with Gasteiger partial charge in [0.2, 0.25) is 0 Å². The summed E-state index contributed by atoms with van der Waals surface area (Å²) in [5.74, 6) is 1.31. The van der Waals surface area contributed by atoms with E-state index in [0.717, 1.165) is 35.3 Å². The third-order valence-corrected chi connectivity index (χ3v) is 4.77. The van der Waals surface area contributed by atoms with Crippen molar-refractivity contribution in [3.63, 3.8) is 0 Å². The van der Waals surface area contributed by atoms with Crippen LogP contribution in [0.2, 0.25) is 10.0 Å². The van der Waals surface area contributed by atoms with Crippen LogP contribution in [0.25, 0.3) is 0 Å². The number of halogens is 2. The number of thioether (sulfide) groups is 1. The minimum absolute atomic E-state index is 0.151. The first-order chi connectivity index (χ1) is 8.16. The minimum Gasteiger partial charge on any atom is -0.381 e. The summed E-state index contributed by atoms with van der Waals surface area (Å²) < 4.78 is 5.34. The van der Waals surface area contributed by atoms with E-state index in [1.54, 1.807) is 17.8 Å². The summed E-state index contributed by atoms with van der Waals surface area (Å²) in [5, 5.41) is 1.43. The molecule has 0 aromatic heterocycles. The first-order valence-corrected chi connectivity index (χ1v) is 7.32. The molecule has 2 atom stereocenters. The van der Waals surface area contributed by atoms with E-state index in [1.165, 1.54) is 0 Å². The number of rotatable bonds is 4. The van der Waals surface area contributed by atoms with Gasteiger partial charge in [-0.25, -0.2) is 0 Å². The van der Waals surface area contributed by atoms with Crippen LogP contribution >= 0.6 is 35.0 Å². The first-order valence-electron chi connectivity index (χ1n) is 5.58. The molecule has 2 rings (SSSR count). The predicted molar refractivity (Wildman–Crippen MR) is 74.1 cm³/mol. The molecule has 1 aromatic carbocycles. The monoisotopic (exact) mass is 291 g/mol. The first kappa shape index (κ1) is 13.5. The van der Waals surface area contributed by atoms with Crippen molar-refractivity contribution in [3.8, 4) is 0 Å². The van der Waals surface area contributed by atoms with Crippen molar-refractivity contribution in [2.75, 3.05) is 19.0 Å². The fraction of sp³-hybridized carbons (Fsp3) is 0.500. The topological polar surface area (TPSA) is 35.2 Å². The summed E-state index contributed by atoms with van der Waals surface area (Å²) in [6, 6.07) is 5.64. The van der Waals surface area contributed by atoms with Crippen molar-refractivity contribution in [3.05, 3.63) is 28.2 Å². The number of benzene rings is 1. The number of nitrogens with two attached hydrogens (primary N) is 1. The van der Waals surface area contributed by atoms with Gasteiger partial charge in [0.1, 0.15) is 0 Å². The van der Waals surface area contributed by atoms with Crippen LogP contribution in [0.1, 0.15) is 6.42 Å². The van der Waals surface area contributed by atoms with Crippen molar-refractivity contribution in [1.82, 2.24) is 0 Å². The zero-order valence-corrected chi connectivity index (χ0v) is 11.7. The molecular formula is C12H15Cl2NOS. The van der Waals surface area contributed by atoms with Crippen LogP contribution in [0.3, 0.4) is 0 Å². The van der Waals surface area contributed by atoms with Gasteiger partial charge in [-0.15, -0.1) is 11.8 Å². The Morgan fingerprint density at radius 2 is 2.29 bits per heavy atom. The molecule has 94 valence electrons. The van der Waals surface area contributed by atoms with Crippen LogP contribution < -0.4 is 5.73 Å². The Bertz CT molecular complexity index is 383. The van der Waals surface area contributed by atoms with Gasteiger partial charge in [0.15, 0.2) is 0 Å². The number of hydrogen-bond donors (Lipinski definition) is 1. The molecular weight excluding hydrogens is 277 g/mol. The molecule has 5 heteroatoms. The SMILES string of the molecule is NC(CSc1cc(Cl)ccc1Cl)C1CCOC1. The summed E-state index contributed by atoms with van der Waals surface area (Å²) in [6.45, 7) is 1.62. The van der Waals surface area contributed by atoms with E-state index in [0.29, 0.717) is 10.9 Å². The van der Waals surface area contributed by atoms with Crippen LogP contribution in [-0.4, -0.2) is 25.0 Å². The van der Waals surface area contributed by atoms with E-state index >= 15 is 0 Å². The van der Waals surface area contributed by atoms with Crippen molar-refractivity contribution in [2.45, 2.75) is 17.4 Å². The standard InChI is InChI=1S/C12H15Cl2NOS/c13-9-1-2-10(14)12(5-9)17-7-11(15)8-3-4-16-6-8/h1-2,5,8,11H,3-4,6-7,15H2. The summed E-state index contributed by atoms with van der Waals surface area (Å²) in [5.41, 5.74) is 6.14. The summed E-state index contributed by atoms with van der Waals surface area (Å²) in [6.07, 6.45) is 1.06. The molecule has 0 radical (unpaired) electrons. The average Bonchev–Trinajstić information content (AvgIpc) is 2.83. The Balaban J connectivity index is 1.90. The van der Waals surface area contributed by atoms with Crippen LogP contribution in [0.5, 0.6) is 0 Å². The molecule has 1 aliphatic heterocycles. The third kappa shape index (κ3) is 3.76. The molecule has 0 bridgehead atoms. The van der Waals surface area contributed by atoms with E-state index in [1.807, 2.05) is 12.1 Å². The lowest BCUT2D eigenvalue weighted by atomic mass is 10.0. The molecule has 1 fully saturated rings. The van der Waals surface area contributed by atoms with Gasteiger partial charge in [0.25, 0.3) is 0 Å². The normalized spacial score (nSPS) is 21.7. The molecule has 2 unspecified atom stereocenters. The molecule has 17 heavy (non-hydrogen) atoms. The molecule has 2 nitrogen and oxygen atoms in total. The fourth-order valence-electron chi connectivity index (χ4n) is 1.80. The van der Waals surface area contributed by atoms with Crippen LogP contribution in [-0.2, 0) is 4.74 Å². The number of ether oxygens (including phenoxy) is 1. The lowest BCUT2D eigenvalue weighted by molar-refractivity contribution is 0.182. The largest absolute Gasteiger partial charge is 0.381 e. The Morgan fingerprint density at radius 3 is 3.00 bits per heavy atom. The number of hydrogen-bond acceptors (Lipinski definition) is 3. The maximum absolute atomic E-state index is 6.14. The Morgan fingerprint density at radius 1 is 1.47 bits per heavy atom. The van der Waals surface area contributed by atoms with E-state index < -0.39 is 0 Å². The van der Waals surface area contributed by atoms with E-state index in [-0.39, 0.29) is 6.04 Å². The van der Waals surface area contributed by atoms with Gasteiger partial charge in [-0.3, -0.25) is 0 Å². The second-order valence-corrected chi connectivity index (χ2v) is 6.08. The highest BCUT2D eigenvalue weighted by molar-refractivity contribution is 7.99. The van der Waals surface area contributed by atoms with Crippen molar-refractivity contribution in [2.24, 2.45) is 11.7 Å². The van der Waals surface area contributed by atoms with E-state index in [9.17, 15) is 0 Å². The Hall–Kier alpha value is 0.0700. The van der Waals surface area contributed by atoms with Gasteiger partial charge in [0, 0.05) is 34.2 Å². The maximum atomic E-state index is 6.14. The summed E-state index contributed by atoms with van der Waals surface area (Å²) in [4.78, 5) is 0.994. The van der Waals surface area contributed by atoms with Crippen molar-refractivity contribution in [1.29, 1.82) is 0 Å². The molecule has 1 aromatic rings. The molecule has 0 amide bonds. The average molecular weight is 292 g/mol. The molecule has 0 saturated carbocycles. The lowest BCUT2D eigenvalue weighted by Gasteiger charge is -2.17. The minimum atomic E-state index is 0.151. The van der Waals surface area contributed by atoms with Crippen molar-refractivity contribution < 1.29 is 4.74 Å². The van der Waals surface area contributed by atoms with Gasteiger partial charge >= 0.3 is 0 Å². The van der Waals surface area contributed by atoms with Crippen LogP contribution in [0.4, 0.5) is 0 Å². The smallest absolute Gasteiger partial charge is 0.0542 e. The summed E-state index contributed by atoms with van der Waals surface area (Å²) >= 11 is 13.7. The van der Waals surface area contributed by atoms with Gasteiger partial charge in [-0.1, -0.05) is 23.2 Å². The lowest BCUT2D eigenvalue weighted by Crippen LogP contribution is -2.32. The third-order valence-electron chi connectivity index (χ3n) is 2.89. The van der Waals surface area contributed by atoms with Crippen LogP contribution in [0.15, 0.2) is 23.1 Å². The van der Waals surface area contributed by atoms with Crippen molar-refractivity contribution >= 4 is 35.0 Å². The Labute approximate surface area is 116 Å². The van der Waals surface area contributed by atoms with Gasteiger partial charge < -0.3 is 10.5 Å². The van der Waals surface area contributed by atoms with E-state index in [2.05, 4.69) is 0 Å². The van der Waals surface area contributed by atoms with Crippen LogP contribution in [0, 0.1) is 5.92 Å². The quantitative estimate of drug-likeness (QED) is 0.863. The summed E-state index contributed by atoms with van der Waals surface area (Å²) in [7, 11) is 0. The second kappa shape index (κ2) is 6.30. The van der Waals surface area contributed by atoms with E-state index in [4.69, 9.17) is 33.7 Å². The van der Waals surface area contributed by atoms with Gasteiger partial charge in [-0.05, 0) is 24.6 Å². The zero-order valence-electron chi connectivity index (χ0n) is 9.36. The fourth-order valence-corrected chi connectivity index (χ4v) is 3.38. The van der Waals surface area contributed by atoms with Gasteiger partial charge in [0.05, 0.1) is 11.6 Å². The molecule has 2 N–H and O–H groups in total. The highest BCUT2D eigenvalue weighted by Gasteiger charge is 2.22.